The topological polar surface area (TPSA) is 77.4 Å². The van der Waals surface area contributed by atoms with E-state index >= 15 is 0 Å². The quantitative estimate of drug-likeness (QED) is 0.281. The first-order chi connectivity index (χ1) is 17.1. The van der Waals surface area contributed by atoms with Crippen LogP contribution in [0, 0.1) is 5.82 Å². The van der Waals surface area contributed by atoms with Crippen LogP contribution in [0.15, 0.2) is 66.9 Å². The first-order valence-electron chi connectivity index (χ1n) is 11.6. The summed E-state index contributed by atoms with van der Waals surface area (Å²) in [5.74, 6) is 0.743. The first-order valence-corrected chi connectivity index (χ1v) is 11.6. The smallest absolute Gasteiger partial charge is 0.411 e. The summed E-state index contributed by atoms with van der Waals surface area (Å²) in [5, 5.41) is 7.22. The highest BCUT2D eigenvalue weighted by Crippen LogP contribution is 2.25. The number of hydrogen-bond acceptors (Lipinski definition) is 5. The fourth-order valence-corrected chi connectivity index (χ4v) is 3.99. The highest BCUT2D eigenvalue weighted by molar-refractivity contribution is 5.88. The van der Waals surface area contributed by atoms with Crippen LogP contribution in [0.25, 0.3) is 10.9 Å². The fraction of sp³-hybridized carbons (Fsp3) is 0.259. The van der Waals surface area contributed by atoms with Crippen molar-refractivity contribution in [2.45, 2.75) is 26.3 Å². The molecule has 2 heterocycles. The van der Waals surface area contributed by atoms with E-state index in [1.54, 1.807) is 26.2 Å². The number of pyridine rings is 1. The number of rotatable bonds is 10. The third kappa shape index (κ3) is 6.09. The van der Waals surface area contributed by atoms with Crippen LogP contribution in [0.4, 0.5) is 20.7 Å². The van der Waals surface area contributed by atoms with E-state index in [-0.39, 0.29) is 12.4 Å². The van der Waals surface area contributed by atoms with Gasteiger partial charge in [0.15, 0.2) is 5.82 Å². The number of amides is 1. The van der Waals surface area contributed by atoms with Crippen molar-refractivity contribution < 1.29 is 18.7 Å². The molecule has 2 aromatic heterocycles. The highest BCUT2D eigenvalue weighted by Gasteiger charge is 2.12. The molecular formula is C27H29FN4O3. The normalized spacial score (nSPS) is 10.8. The number of aryl methyl sites for hydroxylation is 1. The molecule has 2 N–H and O–H groups in total. The molecule has 4 rings (SSSR count). The van der Waals surface area contributed by atoms with Gasteiger partial charge in [-0.2, -0.15) is 4.98 Å². The molecule has 0 aliphatic rings. The Morgan fingerprint density at radius 1 is 1.09 bits per heavy atom. The number of hydrogen-bond donors (Lipinski definition) is 2. The lowest BCUT2D eigenvalue weighted by Crippen LogP contribution is -2.16. The molecule has 2 aromatic carbocycles. The molecule has 0 aliphatic heterocycles. The Labute approximate surface area is 203 Å². The Hall–Kier alpha value is -4.07. The SMILES string of the molecule is CCOC(=O)Nc1ccc(OC)nc1NCCCc1cn(Cc2ccc(F)cc2)c2ccccc12. The predicted molar refractivity (Wildman–Crippen MR) is 136 cm³/mol. The average Bonchev–Trinajstić information content (AvgIpc) is 3.21. The molecule has 7 nitrogen and oxygen atoms in total. The third-order valence-corrected chi connectivity index (χ3v) is 5.64. The van der Waals surface area contributed by atoms with Crippen LogP contribution in [0.5, 0.6) is 5.88 Å². The van der Waals surface area contributed by atoms with E-state index in [0.29, 0.717) is 30.5 Å². The number of nitrogens with zero attached hydrogens (tertiary/aromatic N) is 2. The number of methoxy groups -OCH3 is 1. The molecule has 0 saturated heterocycles. The Balaban J connectivity index is 1.43. The zero-order valence-electron chi connectivity index (χ0n) is 19.9. The zero-order chi connectivity index (χ0) is 24.6. The lowest BCUT2D eigenvalue weighted by Gasteiger charge is -2.13. The molecule has 0 aliphatic carbocycles. The van der Waals surface area contributed by atoms with Gasteiger partial charge in [-0.3, -0.25) is 5.32 Å². The molecule has 0 fully saturated rings. The van der Waals surface area contributed by atoms with Crippen molar-refractivity contribution in [1.29, 1.82) is 0 Å². The van der Waals surface area contributed by atoms with E-state index in [2.05, 4.69) is 38.5 Å². The maximum atomic E-state index is 13.3. The van der Waals surface area contributed by atoms with Crippen LogP contribution in [0.3, 0.4) is 0 Å². The molecule has 0 bridgehead atoms. The van der Waals surface area contributed by atoms with Crippen molar-refractivity contribution in [2.75, 3.05) is 30.9 Å². The molecule has 1 amide bonds. The van der Waals surface area contributed by atoms with Gasteiger partial charge in [0.25, 0.3) is 0 Å². The van der Waals surface area contributed by atoms with Crippen LogP contribution in [0.1, 0.15) is 24.5 Å². The zero-order valence-corrected chi connectivity index (χ0v) is 19.9. The van der Waals surface area contributed by atoms with Gasteiger partial charge in [-0.25, -0.2) is 9.18 Å². The molecule has 8 heteroatoms. The molecule has 0 atom stereocenters. The molecule has 0 spiro atoms. The molecule has 0 unspecified atom stereocenters. The summed E-state index contributed by atoms with van der Waals surface area (Å²) in [6, 6.07) is 18.3. The number of carbonyl (C=O) groups excluding carboxylic acids is 1. The van der Waals surface area contributed by atoms with Crippen LogP contribution in [-0.2, 0) is 17.7 Å². The minimum absolute atomic E-state index is 0.231. The van der Waals surface area contributed by atoms with Gasteiger partial charge >= 0.3 is 6.09 Å². The van der Waals surface area contributed by atoms with Gasteiger partial charge in [-0.15, -0.1) is 0 Å². The minimum Gasteiger partial charge on any atom is -0.481 e. The van der Waals surface area contributed by atoms with Gasteiger partial charge in [0.05, 0.1) is 19.4 Å². The Kier molecular flexibility index (Phi) is 7.82. The number of ether oxygens (including phenoxy) is 2. The van der Waals surface area contributed by atoms with Gasteiger partial charge < -0.3 is 19.4 Å². The maximum absolute atomic E-state index is 13.3. The molecule has 4 aromatic rings. The van der Waals surface area contributed by atoms with Gasteiger partial charge in [0, 0.05) is 36.3 Å². The number of carbonyl (C=O) groups is 1. The summed E-state index contributed by atoms with van der Waals surface area (Å²) in [5.41, 5.74) is 3.97. The molecule has 35 heavy (non-hydrogen) atoms. The second kappa shape index (κ2) is 11.4. The third-order valence-electron chi connectivity index (χ3n) is 5.64. The standard InChI is InChI=1S/C27H29FN4O3/c1-3-35-27(33)30-23-14-15-25(34-2)31-26(23)29-16-6-7-20-18-32(24-9-5-4-8-22(20)24)17-19-10-12-21(28)13-11-19/h4-5,8-15,18H,3,6-7,16-17H2,1-2H3,(H,29,31)(H,30,33). The van der Waals surface area contributed by atoms with Crippen LogP contribution >= 0.6 is 0 Å². The van der Waals surface area contributed by atoms with E-state index < -0.39 is 6.09 Å². The van der Waals surface area contributed by atoms with Crippen LogP contribution in [-0.4, -0.2) is 35.9 Å². The summed E-state index contributed by atoms with van der Waals surface area (Å²) < 4.78 is 25.7. The Morgan fingerprint density at radius 2 is 1.89 bits per heavy atom. The number of anilines is 2. The fourth-order valence-electron chi connectivity index (χ4n) is 3.99. The van der Waals surface area contributed by atoms with Crippen molar-refractivity contribution in [3.8, 4) is 5.88 Å². The van der Waals surface area contributed by atoms with Gasteiger partial charge in [0.1, 0.15) is 5.82 Å². The lowest BCUT2D eigenvalue weighted by molar-refractivity contribution is 0.168. The minimum atomic E-state index is -0.531. The first kappa shape index (κ1) is 24.1. The monoisotopic (exact) mass is 476 g/mol. The lowest BCUT2D eigenvalue weighted by atomic mass is 10.1. The van der Waals surface area contributed by atoms with E-state index in [0.717, 1.165) is 23.9 Å². The maximum Gasteiger partial charge on any atom is 0.411 e. The number of fused-ring (bicyclic) bond motifs is 1. The summed E-state index contributed by atoms with van der Waals surface area (Å²) in [6.45, 7) is 3.36. The van der Waals surface area contributed by atoms with Crippen molar-refractivity contribution in [2.24, 2.45) is 0 Å². The van der Waals surface area contributed by atoms with E-state index in [1.807, 2.05) is 24.3 Å². The molecular weight excluding hydrogens is 447 g/mol. The largest absolute Gasteiger partial charge is 0.481 e. The number of para-hydroxylation sites is 1. The number of halogens is 1. The van der Waals surface area contributed by atoms with E-state index in [4.69, 9.17) is 9.47 Å². The molecule has 0 saturated carbocycles. The second-order valence-corrected chi connectivity index (χ2v) is 8.05. The Bertz CT molecular complexity index is 1290. The molecule has 0 radical (unpaired) electrons. The van der Waals surface area contributed by atoms with Crippen molar-refractivity contribution in [3.63, 3.8) is 0 Å². The van der Waals surface area contributed by atoms with Crippen LogP contribution in [0.2, 0.25) is 0 Å². The van der Waals surface area contributed by atoms with E-state index in [1.165, 1.54) is 23.1 Å². The average molecular weight is 477 g/mol. The van der Waals surface area contributed by atoms with Gasteiger partial charge in [-0.05, 0) is 55.2 Å². The second-order valence-electron chi connectivity index (χ2n) is 8.05. The van der Waals surface area contributed by atoms with Crippen molar-refractivity contribution in [1.82, 2.24) is 9.55 Å². The van der Waals surface area contributed by atoms with Gasteiger partial charge in [-0.1, -0.05) is 30.3 Å². The Morgan fingerprint density at radius 3 is 2.66 bits per heavy atom. The summed E-state index contributed by atoms with van der Waals surface area (Å²) >= 11 is 0. The van der Waals surface area contributed by atoms with Crippen LogP contribution < -0.4 is 15.4 Å². The highest BCUT2D eigenvalue weighted by atomic mass is 19.1. The molecule has 182 valence electrons. The summed E-state index contributed by atoms with van der Waals surface area (Å²) in [4.78, 5) is 16.3. The van der Waals surface area contributed by atoms with Crippen molar-refractivity contribution in [3.05, 3.63) is 83.8 Å². The summed E-state index contributed by atoms with van der Waals surface area (Å²) in [7, 11) is 1.55. The van der Waals surface area contributed by atoms with E-state index in [9.17, 15) is 9.18 Å². The number of benzene rings is 2. The van der Waals surface area contributed by atoms with Gasteiger partial charge in [0.2, 0.25) is 5.88 Å². The van der Waals surface area contributed by atoms with Crippen molar-refractivity contribution >= 4 is 28.5 Å². The predicted octanol–water partition coefficient (Wildman–Crippen LogP) is 5.85. The number of nitrogens with one attached hydrogen (secondary N) is 2. The number of aromatic nitrogens is 2. The summed E-state index contributed by atoms with van der Waals surface area (Å²) in [6.07, 6.45) is 3.35.